The highest BCUT2D eigenvalue weighted by Gasteiger charge is 2.56. The molecule has 8 heteroatoms. The van der Waals surface area contributed by atoms with E-state index in [4.69, 9.17) is 25.9 Å². The van der Waals surface area contributed by atoms with Crippen LogP contribution in [0, 0.1) is 5.92 Å². The van der Waals surface area contributed by atoms with Gasteiger partial charge < -0.3 is 14.3 Å². The first-order valence-corrected chi connectivity index (χ1v) is 8.79. The van der Waals surface area contributed by atoms with E-state index in [1.54, 1.807) is 42.5 Å². The molecule has 0 radical (unpaired) electrons. The number of nitrogens with zero attached hydrogens (tertiary/aromatic N) is 2. The Hall–Kier alpha value is -3.06. The summed E-state index contributed by atoms with van der Waals surface area (Å²) in [4.78, 5) is 32.3. The molecule has 2 aromatic carbocycles. The van der Waals surface area contributed by atoms with Crippen LogP contribution in [-0.2, 0) is 14.4 Å². The normalized spacial score (nSPS) is 23.1. The Morgan fingerprint density at radius 3 is 2.59 bits per heavy atom. The Morgan fingerprint density at radius 1 is 1.00 bits per heavy atom. The molecular formula is C19H13ClN2O5. The Morgan fingerprint density at radius 2 is 1.78 bits per heavy atom. The van der Waals surface area contributed by atoms with Gasteiger partial charge >= 0.3 is 0 Å². The largest absolute Gasteiger partial charge is 0.486 e. The standard InChI is InChI=1S/C19H13ClN2O5/c20-12-4-2-1-3-11(12)16-15-17(27-21-16)19(24)22(18(15)23)10-5-6-13-14(9-10)26-8-7-25-13/h1-6,9,15,17H,7-8H2/t15-,17+/m0/s1. The molecule has 3 aliphatic heterocycles. The third-order valence-electron chi connectivity index (χ3n) is 4.75. The Bertz CT molecular complexity index is 1010. The summed E-state index contributed by atoms with van der Waals surface area (Å²) >= 11 is 6.23. The first-order chi connectivity index (χ1) is 13.1. The number of fused-ring (bicyclic) bond motifs is 2. The summed E-state index contributed by atoms with van der Waals surface area (Å²) in [5.41, 5.74) is 1.35. The smallest absolute Gasteiger partial charge is 0.278 e. The molecule has 0 N–H and O–H groups in total. The lowest BCUT2D eigenvalue weighted by molar-refractivity contribution is -0.126. The minimum Gasteiger partial charge on any atom is -0.486 e. The summed E-state index contributed by atoms with van der Waals surface area (Å²) in [5.74, 6) is -0.618. The van der Waals surface area contributed by atoms with Crippen LogP contribution in [-0.4, -0.2) is 36.8 Å². The second-order valence-electron chi connectivity index (χ2n) is 6.30. The van der Waals surface area contributed by atoms with Crippen molar-refractivity contribution in [1.82, 2.24) is 0 Å². The maximum absolute atomic E-state index is 13.1. The molecule has 0 bridgehead atoms. The average molecular weight is 385 g/mol. The van der Waals surface area contributed by atoms with Crippen molar-refractivity contribution in [2.75, 3.05) is 18.1 Å². The second kappa shape index (κ2) is 5.99. The zero-order valence-electron chi connectivity index (χ0n) is 13.9. The van der Waals surface area contributed by atoms with Gasteiger partial charge in [0, 0.05) is 16.7 Å². The molecule has 7 nitrogen and oxygen atoms in total. The number of ether oxygens (including phenoxy) is 2. The number of benzene rings is 2. The van der Waals surface area contributed by atoms with E-state index in [-0.39, 0.29) is 0 Å². The molecule has 0 aliphatic carbocycles. The van der Waals surface area contributed by atoms with Crippen LogP contribution in [0.5, 0.6) is 11.5 Å². The number of rotatable bonds is 2. The van der Waals surface area contributed by atoms with Crippen molar-refractivity contribution >= 4 is 34.8 Å². The lowest BCUT2D eigenvalue weighted by atomic mass is 9.94. The number of hydrogen-bond acceptors (Lipinski definition) is 6. The molecular weight excluding hydrogens is 372 g/mol. The lowest BCUT2D eigenvalue weighted by Gasteiger charge is -2.21. The first kappa shape index (κ1) is 16.1. The van der Waals surface area contributed by atoms with Crippen LogP contribution in [0.1, 0.15) is 5.56 Å². The van der Waals surface area contributed by atoms with Gasteiger partial charge in [-0.2, -0.15) is 0 Å². The molecule has 27 heavy (non-hydrogen) atoms. The molecule has 136 valence electrons. The van der Waals surface area contributed by atoms with E-state index < -0.39 is 23.8 Å². The van der Waals surface area contributed by atoms with E-state index in [1.165, 1.54) is 0 Å². The predicted molar refractivity (Wildman–Crippen MR) is 96.3 cm³/mol. The highest BCUT2D eigenvalue weighted by Crippen LogP contribution is 2.39. The van der Waals surface area contributed by atoms with Crippen LogP contribution in [0.25, 0.3) is 0 Å². The third-order valence-corrected chi connectivity index (χ3v) is 5.08. The molecule has 5 rings (SSSR count). The van der Waals surface area contributed by atoms with Crippen molar-refractivity contribution in [2.24, 2.45) is 11.1 Å². The van der Waals surface area contributed by atoms with Crippen LogP contribution >= 0.6 is 11.6 Å². The molecule has 1 fully saturated rings. The van der Waals surface area contributed by atoms with Crippen molar-refractivity contribution in [1.29, 1.82) is 0 Å². The van der Waals surface area contributed by atoms with Crippen molar-refractivity contribution in [3.8, 4) is 11.5 Å². The van der Waals surface area contributed by atoms with Gasteiger partial charge in [0.05, 0.1) is 5.69 Å². The molecule has 2 amide bonds. The highest BCUT2D eigenvalue weighted by atomic mass is 35.5. The van der Waals surface area contributed by atoms with Crippen molar-refractivity contribution in [3.63, 3.8) is 0 Å². The molecule has 3 aliphatic rings. The number of carbonyl (C=O) groups excluding carboxylic acids is 2. The number of hydrogen-bond donors (Lipinski definition) is 0. The number of imide groups is 1. The second-order valence-corrected chi connectivity index (χ2v) is 6.71. The van der Waals surface area contributed by atoms with E-state index in [1.807, 2.05) is 0 Å². The van der Waals surface area contributed by atoms with Crippen molar-refractivity contribution in [2.45, 2.75) is 6.10 Å². The average Bonchev–Trinajstić information content (AvgIpc) is 3.22. The molecule has 2 aromatic rings. The number of oxime groups is 1. The van der Waals surface area contributed by atoms with Gasteiger partial charge in [-0.25, -0.2) is 4.90 Å². The van der Waals surface area contributed by atoms with Gasteiger partial charge in [-0.3, -0.25) is 9.59 Å². The van der Waals surface area contributed by atoms with E-state index in [2.05, 4.69) is 5.16 Å². The molecule has 0 aromatic heterocycles. The highest BCUT2D eigenvalue weighted by molar-refractivity contribution is 6.38. The Labute approximate surface area is 159 Å². The lowest BCUT2D eigenvalue weighted by Crippen LogP contribution is -2.33. The summed E-state index contributed by atoms with van der Waals surface area (Å²) in [6, 6.07) is 12.0. The maximum Gasteiger partial charge on any atom is 0.278 e. The SMILES string of the molecule is O=C1[C@H]2C(c3ccccc3Cl)=NO[C@H]2C(=O)N1c1ccc2c(c1)OCCO2. The number of carbonyl (C=O) groups is 2. The van der Waals surface area contributed by atoms with Crippen LogP contribution < -0.4 is 14.4 Å². The van der Waals surface area contributed by atoms with Crippen LogP contribution in [0.3, 0.4) is 0 Å². The van der Waals surface area contributed by atoms with E-state index >= 15 is 0 Å². The quantitative estimate of drug-likeness (QED) is 0.743. The number of anilines is 1. The maximum atomic E-state index is 13.1. The summed E-state index contributed by atoms with van der Waals surface area (Å²) in [6.07, 6.45) is -0.989. The minimum atomic E-state index is -0.989. The zero-order chi connectivity index (χ0) is 18.5. The number of amides is 2. The van der Waals surface area contributed by atoms with Crippen molar-refractivity contribution in [3.05, 3.63) is 53.1 Å². The molecule has 0 unspecified atom stereocenters. The summed E-state index contributed by atoms with van der Waals surface area (Å²) in [5, 5.41) is 4.41. The van der Waals surface area contributed by atoms with E-state index in [0.29, 0.717) is 46.7 Å². The van der Waals surface area contributed by atoms with Gasteiger partial charge in [-0.15, -0.1) is 0 Å². The van der Waals surface area contributed by atoms with Gasteiger partial charge in [0.2, 0.25) is 12.0 Å². The zero-order valence-corrected chi connectivity index (χ0v) is 14.7. The minimum absolute atomic E-state index is 0.365. The van der Waals surface area contributed by atoms with Crippen molar-refractivity contribution < 1.29 is 23.9 Å². The topological polar surface area (TPSA) is 77.4 Å². The molecule has 0 spiro atoms. The summed E-state index contributed by atoms with van der Waals surface area (Å²) in [7, 11) is 0. The van der Waals surface area contributed by atoms with E-state index in [0.717, 1.165) is 4.90 Å². The van der Waals surface area contributed by atoms with Gasteiger partial charge in [-0.05, 0) is 18.2 Å². The fraction of sp³-hybridized carbons (Fsp3) is 0.211. The molecule has 3 heterocycles. The first-order valence-electron chi connectivity index (χ1n) is 8.41. The third kappa shape index (κ3) is 2.39. The summed E-state index contributed by atoms with van der Waals surface area (Å²) < 4.78 is 11.0. The van der Waals surface area contributed by atoms with Gasteiger partial charge in [0.15, 0.2) is 11.5 Å². The summed E-state index contributed by atoms with van der Waals surface area (Å²) in [6.45, 7) is 0.875. The van der Waals surface area contributed by atoms with Gasteiger partial charge in [0.1, 0.15) is 24.8 Å². The molecule has 2 atom stereocenters. The molecule has 0 saturated carbocycles. The number of halogens is 1. The predicted octanol–water partition coefficient (Wildman–Crippen LogP) is 2.40. The fourth-order valence-electron chi connectivity index (χ4n) is 3.49. The molecule has 1 saturated heterocycles. The van der Waals surface area contributed by atoms with Gasteiger partial charge in [-0.1, -0.05) is 35.0 Å². The van der Waals surface area contributed by atoms with Crippen LogP contribution in [0.4, 0.5) is 5.69 Å². The monoisotopic (exact) mass is 384 g/mol. The van der Waals surface area contributed by atoms with Crippen LogP contribution in [0.2, 0.25) is 5.02 Å². The van der Waals surface area contributed by atoms with E-state index in [9.17, 15) is 9.59 Å². The Balaban J connectivity index is 1.51. The fourth-order valence-corrected chi connectivity index (χ4v) is 3.73. The Kier molecular flexibility index (Phi) is 3.58. The van der Waals surface area contributed by atoms with Gasteiger partial charge in [0.25, 0.3) is 5.91 Å². The van der Waals surface area contributed by atoms with Crippen LogP contribution in [0.15, 0.2) is 47.6 Å².